The highest BCUT2D eigenvalue weighted by Gasteiger charge is 2.26. The monoisotopic (exact) mass is 431 g/mol. The van der Waals surface area contributed by atoms with Gasteiger partial charge < -0.3 is 10.2 Å². The zero-order valence-electron chi connectivity index (χ0n) is 16.8. The van der Waals surface area contributed by atoms with Gasteiger partial charge in [0.1, 0.15) is 16.7 Å². The first kappa shape index (κ1) is 19.5. The number of fused-ring (bicyclic) bond motifs is 1. The van der Waals surface area contributed by atoms with Crippen LogP contribution in [0.4, 0.5) is 5.13 Å². The fourth-order valence-corrected chi connectivity index (χ4v) is 4.68. The topological polar surface area (TPSA) is 96.8 Å². The highest BCUT2D eigenvalue weighted by atomic mass is 32.1. The lowest BCUT2D eigenvalue weighted by molar-refractivity contribution is -0.125. The molecule has 4 aromatic heterocycles. The van der Waals surface area contributed by atoms with Gasteiger partial charge in [-0.1, -0.05) is 17.4 Å². The molecule has 5 rings (SSSR count). The number of thiazole rings is 1. The molecule has 0 aliphatic carbocycles. The molecular formula is C22H21N7OS. The number of pyridine rings is 2. The fourth-order valence-electron chi connectivity index (χ4n) is 3.69. The van der Waals surface area contributed by atoms with Crippen molar-refractivity contribution < 1.29 is 4.79 Å². The molecule has 8 nitrogen and oxygen atoms in total. The Morgan fingerprint density at radius 2 is 1.94 bits per heavy atom. The highest BCUT2D eigenvalue weighted by molar-refractivity contribution is 7.21. The molecule has 1 fully saturated rings. The average Bonchev–Trinajstić information content (AvgIpc) is 3.27. The molecule has 0 unspecified atom stereocenters. The van der Waals surface area contributed by atoms with Gasteiger partial charge in [-0.2, -0.15) is 0 Å². The second-order valence-electron chi connectivity index (χ2n) is 7.44. The Hall–Kier alpha value is -3.46. The standard InChI is InChI=1S/C22H21N7OS/c30-20(26-13-17-3-1-2-8-25-17)15-6-9-29(10-7-15)22-28-19-5-4-18(27-21(19)31-22)16-11-23-14-24-12-16/h1-5,8,11-12,14-15H,6-7,9-10,13H2,(H,26,30). The molecule has 1 saturated heterocycles. The number of aromatic nitrogens is 5. The fraction of sp³-hybridized carbons (Fsp3) is 0.273. The molecule has 0 atom stereocenters. The number of amides is 1. The lowest BCUT2D eigenvalue weighted by atomic mass is 9.96. The van der Waals surface area contributed by atoms with Crippen molar-refractivity contribution >= 4 is 32.7 Å². The van der Waals surface area contributed by atoms with Gasteiger partial charge in [-0.05, 0) is 37.1 Å². The zero-order chi connectivity index (χ0) is 21.0. The summed E-state index contributed by atoms with van der Waals surface area (Å²) in [6.45, 7) is 2.08. The number of nitrogens with zero attached hydrogens (tertiary/aromatic N) is 6. The third kappa shape index (κ3) is 4.36. The van der Waals surface area contributed by atoms with Crippen molar-refractivity contribution in [3.05, 3.63) is 60.9 Å². The van der Waals surface area contributed by atoms with Gasteiger partial charge in [0.2, 0.25) is 5.91 Å². The molecule has 0 bridgehead atoms. The molecule has 0 saturated carbocycles. The van der Waals surface area contributed by atoms with Crippen LogP contribution in [0.25, 0.3) is 21.6 Å². The second-order valence-corrected chi connectivity index (χ2v) is 8.40. The van der Waals surface area contributed by atoms with Crippen LogP contribution in [0.3, 0.4) is 0 Å². The number of nitrogens with one attached hydrogen (secondary N) is 1. The quantitative estimate of drug-likeness (QED) is 0.519. The maximum absolute atomic E-state index is 12.5. The van der Waals surface area contributed by atoms with Gasteiger partial charge >= 0.3 is 0 Å². The first-order valence-corrected chi connectivity index (χ1v) is 11.0. The van der Waals surface area contributed by atoms with Crippen LogP contribution in [0.15, 0.2) is 55.2 Å². The molecule has 1 amide bonds. The van der Waals surface area contributed by atoms with Gasteiger partial charge in [-0.25, -0.2) is 19.9 Å². The van der Waals surface area contributed by atoms with Gasteiger partial charge in [-0.15, -0.1) is 0 Å². The highest BCUT2D eigenvalue weighted by Crippen LogP contribution is 2.32. The van der Waals surface area contributed by atoms with E-state index in [1.807, 2.05) is 30.3 Å². The predicted molar refractivity (Wildman–Crippen MR) is 119 cm³/mol. The minimum Gasteiger partial charge on any atom is -0.350 e. The number of carbonyl (C=O) groups is 1. The summed E-state index contributed by atoms with van der Waals surface area (Å²) in [7, 11) is 0. The summed E-state index contributed by atoms with van der Waals surface area (Å²) in [6, 6.07) is 9.65. The Morgan fingerprint density at radius 3 is 2.71 bits per heavy atom. The van der Waals surface area contributed by atoms with Gasteiger partial charge in [-0.3, -0.25) is 9.78 Å². The molecule has 1 N–H and O–H groups in total. The van der Waals surface area contributed by atoms with Crippen molar-refractivity contribution in [2.24, 2.45) is 5.92 Å². The van der Waals surface area contributed by atoms with Gasteiger partial charge in [0.25, 0.3) is 0 Å². The smallest absolute Gasteiger partial charge is 0.223 e. The van der Waals surface area contributed by atoms with E-state index in [2.05, 4.69) is 25.2 Å². The summed E-state index contributed by atoms with van der Waals surface area (Å²) in [6.07, 6.45) is 8.38. The van der Waals surface area contributed by atoms with Crippen LogP contribution in [0.1, 0.15) is 18.5 Å². The number of anilines is 1. The van der Waals surface area contributed by atoms with E-state index in [-0.39, 0.29) is 11.8 Å². The van der Waals surface area contributed by atoms with Crippen molar-refractivity contribution in [2.75, 3.05) is 18.0 Å². The molecule has 9 heteroatoms. The van der Waals surface area contributed by atoms with Crippen LogP contribution in [-0.2, 0) is 11.3 Å². The van der Waals surface area contributed by atoms with Crippen molar-refractivity contribution in [3.8, 4) is 11.3 Å². The molecule has 1 aliphatic rings. The minimum atomic E-state index is 0.0251. The van der Waals surface area contributed by atoms with E-state index in [1.165, 1.54) is 6.33 Å². The molecule has 156 valence electrons. The van der Waals surface area contributed by atoms with Crippen LogP contribution in [0.2, 0.25) is 0 Å². The molecule has 0 aromatic carbocycles. The average molecular weight is 432 g/mol. The molecule has 5 heterocycles. The summed E-state index contributed by atoms with van der Waals surface area (Å²) in [4.78, 5) is 37.6. The largest absolute Gasteiger partial charge is 0.350 e. The van der Waals surface area contributed by atoms with Gasteiger partial charge in [0.05, 0.1) is 17.9 Å². The maximum atomic E-state index is 12.5. The van der Waals surface area contributed by atoms with E-state index in [4.69, 9.17) is 9.97 Å². The first-order valence-electron chi connectivity index (χ1n) is 10.2. The van der Waals surface area contributed by atoms with E-state index in [9.17, 15) is 4.79 Å². The Labute approximate surface area is 183 Å². The third-order valence-electron chi connectivity index (χ3n) is 5.41. The van der Waals surface area contributed by atoms with Crippen LogP contribution in [0, 0.1) is 5.92 Å². The molecule has 4 aromatic rings. The normalized spacial score (nSPS) is 14.6. The Kier molecular flexibility index (Phi) is 5.49. The van der Waals surface area contributed by atoms with Crippen molar-refractivity contribution in [2.45, 2.75) is 19.4 Å². The zero-order valence-corrected chi connectivity index (χ0v) is 17.6. The summed E-state index contributed by atoms with van der Waals surface area (Å²) < 4.78 is 0. The molecular weight excluding hydrogens is 410 g/mol. The van der Waals surface area contributed by atoms with Crippen LogP contribution in [-0.4, -0.2) is 43.9 Å². The molecule has 31 heavy (non-hydrogen) atoms. The lowest BCUT2D eigenvalue weighted by Gasteiger charge is -2.30. The van der Waals surface area contributed by atoms with Crippen LogP contribution in [0.5, 0.6) is 0 Å². The Balaban J connectivity index is 1.21. The predicted octanol–water partition coefficient (Wildman–Crippen LogP) is 3.08. The summed E-state index contributed by atoms with van der Waals surface area (Å²) in [5.41, 5.74) is 3.48. The third-order valence-corrected chi connectivity index (χ3v) is 6.43. The van der Waals surface area contributed by atoms with E-state index >= 15 is 0 Å². The minimum absolute atomic E-state index is 0.0251. The molecule has 0 radical (unpaired) electrons. The number of hydrogen-bond donors (Lipinski definition) is 1. The van der Waals surface area contributed by atoms with E-state index < -0.39 is 0 Å². The second kappa shape index (κ2) is 8.73. The van der Waals surface area contributed by atoms with Crippen LogP contribution < -0.4 is 10.2 Å². The SMILES string of the molecule is O=C(NCc1ccccn1)C1CCN(c2nc3ccc(-c4cncnc4)nc3s2)CC1. The van der Waals surface area contributed by atoms with E-state index in [0.29, 0.717) is 6.54 Å². The summed E-state index contributed by atoms with van der Waals surface area (Å²) in [5, 5.41) is 3.97. The Bertz CT molecular complexity index is 1170. The summed E-state index contributed by atoms with van der Waals surface area (Å²) >= 11 is 1.58. The number of carbonyl (C=O) groups excluding carboxylic acids is 1. The maximum Gasteiger partial charge on any atom is 0.223 e. The van der Waals surface area contributed by atoms with Crippen molar-refractivity contribution in [3.63, 3.8) is 0 Å². The van der Waals surface area contributed by atoms with E-state index in [0.717, 1.165) is 58.4 Å². The van der Waals surface area contributed by atoms with Crippen molar-refractivity contribution in [1.29, 1.82) is 0 Å². The Morgan fingerprint density at radius 1 is 1.10 bits per heavy atom. The first-order chi connectivity index (χ1) is 15.3. The van der Waals surface area contributed by atoms with Crippen LogP contribution >= 0.6 is 11.3 Å². The van der Waals surface area contributed by atoms with E-state index in [1.54, 1.807) is 29.9 Å². The number of rotatable bonds is 5. The molecule has 0 spiro atoms. The number of hydrogen-bond acceptors (Lipinski definition) is 8. The number of piperidine rings is 1. The summed E-state index contributed by atoms with van der Waals surface area (Å²) in [5.74, 6) is 0.128. The van der Waals surface area contributed by atoms with Crippen molar-refractivity contribution in [1.82, 2.24) is 30.2 Å². The van der Waals surface area contributed by atoms with Gasteiger partial charge in [0.15, 0.2) is 5.13 Å². The lowest BCUT2D eigenvalue weighted by Crippen LogP contribution is -2.40. The molecule has 1 aliphatic heterocycles. The van der Waals surface area contributed by atoms with Gasteiger partial charge in [0, 0.05) is 43.2 Å².